The fourth-order valence-corrected chi connectivity index (χ4v) is 3.72. The lowest BCUT2D eigenvalue weighted by molar-refractivity contribution is 0.708. The van der Waals surface area contributed by atoms with Crippen LogP contribution in [0.25, 0.3) is 0 Å². The van der Waals surface area contributed by atoms with Crippen LogP contribution in [0, 0.1) is 0 Å². The zero-order valence-corrected chi connectivity index (χ0v) is 16.5. The lowest BCUT2D eigenvalue weighted by Gasteiger charge is -2.24. The van der Waals surface area contributed by atoms with E-state index >= 15 is 0 Å². The van der Waals surface area contributed by atoms with Gasteiger partial charge in [0.15, 0.2) is 0 Å². The lowest BCUT2D eigenvalue weighted by atomic mass is 9.98. The summed E-state index contributed by atoms with van der Waals surface area (Å²) in [4.78, 5) is 0. The number of benzene rings is 3. The monoisotopic (exact) mass is 394 g/mol. The van der Waals surface area contributed by atoms with E-state index in [1.165, 1.54) is 16.7 Å². The molecule has 0 saturated heterocycles. The van der Waals surface area contributed by atoms with Crippen LogP contribution in [0.2, 0.25) is 0 Å². The second-order valence-corrected chi connectivity index (χ2v) is 7.26. The fraction of sp³-hybridized carbons (Fsp3) is 0.125. The topological polar surface area (TPSA) is 58.3 Å². The summed E-state index contributed by atoms with van der Waals surface area (Å²) >= 11 is 0. The molecule has 1 atom stereocenters. The van der Waals surface area contributed by atoms with Gasteiger partial charge in [-0.1, -0.05) is 72.8 Å². The zero-order chi connectivity index (χ0) is 20.2. The normalized spacial score (nSPS) is 15.8. The molecule has 0 radical (unpaired) electrons. The lowest BCUT2D eigenvalue weighted by Crippen LogP contribution is -2.18. The Labute approximate surface area is 175 Å². The molecule has 0 saturated carbocycles. The average molecular weight is 394 g/mol. The Balaban J connectivity index is 1.41. The van der Waals surface area contributed by atoms with Crippen molar-refractivity contribution in [3.63, 3.8) is 0 Å². The molecule has 0 unspecified atom stereocenters. The van der Waals surface area contributed by atoms with Gasteiger partial charge in [-0.25, -0.2) is 4.68 Å². The van der Waals surface area contributed by atoms with Gasteiger partial charge < -0.3 is 5.43 Å². The molecule has 5 rings (SSSR count). The second kappa shape index (κ2) is 8.21. The highest BCUT2D eigenvalue weighted by molar-refractivity contribution is 6.03. The summed E-state index contributed by atoms with van der Waals surface area (Å²) < 4.78 is 1.75. The molecule has 1 aliphatic rings. The Kier molecular flexibility index (Phi) is 4.96. The molecule has 1 N–H and O–H groups in total. The quantitative estimate of drug-likeness (QED) is 0.527. The van der Waals surface area contributed by atoms with Crippen LogP contribution >= 0.6 is 0 Å². The van der Waals surface area contributed by atoms with Crippen molar-refractivity contribution in [2.75, 3.05) is 10.4 Å². The highest BCUT2D eigenvalue weighted by Gasteiger charge is 2.29. The number of aromatic nitrogens is 3. The van der Waals surface area contributed by atoms with Crippen LogP contribution in [0.5, 0.6) is 0 Å². The van der Waals surface area contributed by atoms with E-state index in [1.807, 2.05) is 6.07 Å². The largest absolute Gasteiger partial charge is 0.319 e. The first-order valence-electron chi connectivity index (χ1n) is 10.0. The van der Waals surface area contributed by atoms with E-state index in [0.717, 1.165) is 17.8 Å². The number of nitrogens with one attached hydrogen (secondary N) is 1. The molecule has 0 bridgehead atoms. The Morgan fingerprint density at radius 1 is 0.800 bits per heavy atom. The van der Waals surface area contributed by atoms with Gasteiger partial charge in [-0.3, -0.25) is 5.01 Å². The Morgan fingerprint density at radius 3 is 2.17 bits per heavy atom. The number of nitrogens with zero attached hydrogens (tertiary/aromatic N) is 5. The molecule has 1 aromatic heterocycles. The maximum Gasteiger partial charge on any atom is 0.138 e. The molecule has 3 aromatic carbocycles. The molecule has 0 aliphatic carbocycles. The van der Waals surface area contributed by atoms with Gasteiger partial charge in [-0.2, -0.15) is 5.10 Å². The molecular weight excluding hydrogens is 372 g/mol. The minimum Gasteiger partial charge on any atom is -0.319 e. The van der Waals surface area contributed by atoms with Gasteiger partial charge in [0, 0.05) is 6.42 Å². The number of anilines is 1. The van der Waals surface area contributed by atoms with Crippen molar-refractivity contribution in [2.45, 2.75) is 19.0 Å². The molecule has 0 fully saturated rings. The predicted molar refractivity (Wildman–Crippen MR) is 119 cm³/mol. The summed E-state index contributed by atoms with van der Waals surface area (Å²) in [6.07, 6.45) is 4.16. The van der Waals surface area contributed by atoms with Crippen LogP contribution < -0.4 is 10.4 Å². The summed E-state index contributed by atoms with van der Waals surface area (Å²) in [5.41, 5.74) is 9.06. The Hall–Kier alpha value is -3.93. The first-order valence-corrected chi connectivity index (χ1v) is 10.0. The minimum atomic E-state index is 0.183. The van der Waals surface area contributed by atoms with E-state index < -0.39 is 0 Å². The third kappa shape index (κ3) is 3.80. The fourth-order valence-electron chi connectivity index (χ4n) is 3.72. The molecule has 6 nitrogen and oxygen atoms in total. The van der Waals surface area contributed by atoms with Gasteiger partial charge in [0.1, 0.15) is 12.7 Å². The van der Waals surface area contributed by atoms with Crippen molar-refractivity contribution in [2.24, 2.45) is 5.10 Å². The van der Waals surface area contributed by atoms with Gasteiger partial charge in [0.2, 0.25) is 0 Å². The standard InChI is InChI=1S/C24H22N6/c1-3-7-20(8-4-1)23-15-24(21-9-5-2-6-10-21)30(28-23)22-13-11-19(12-14-22)16-27-29-17-25-26-18-29/h1-14,17-18,24,27H,15-16H2/t24-/m1/s1. The van der Waals surface area contributed by atoms with Crippen LogP contribution in [-0.4, -0.2) is 20.6 Å². The average Bonchev–Trinajstić information content (AvgIpc) is 3.50. The van der Waals surface area contributed by atoms with E-state index in [-0.39, 0.29) is 6.04 Å². The molecule has 2 heterocycles. The van der Waals surface area contributed by atoms with E-state index in [2.05, 4.69) is 99.5 Å². The molecule has 148 valence electrons. The van der Waals surface area contributed by atoms with Gasteiger partial charge in [-0.15, -0.1) is 10.2 Å². The Morgan fingerprint density at radius 2 is 1.47 bits per heavy atom. The summed E-state index contributed by atoms with van der Waals surface area (Å²) in [7, 11) is 0. The predicted octanol–water partition coefficient (Wildman–Crippen LogP) is 4.38. The SMILES string of the molecule is c1ccc(C2=NN(c3ccc(CNn4cnnc4)cc3)[C@@H](c3ccccc3)C2)cc1. The smallest absolute Gasteiger partial charge is 0.138 e. The zero-order valence-electron chi connectivity index (χ0n) is 16.5. The number of hydrazone groups is 1. The van der Waals surface area contributed by atoms with Crippen molar-refractivity contribution in [1.82, 2.24) is 14.9 Å². The number of hydrogen-bond donors (Lipinski definition) is 1. The maximum absolute atomic E-state index is 5.02. The van der Waals surface area contributed by atoms with Crippen molar-refractivity contribution in [3.05, 3.63) is 114 Å². The Bertz CT molecular complexity index is 1110. The van der Waals surface area contributed by atoms with Gasteiger partial charge in [0.05, 0.1) is 24.0 Å². The van der Waals surface area contributed by atoms with Crippen LogP contribution in [0.15, 0.2) is 103 Å². The molecule has 4 aromatic rings. The third-order valence-electron chi connectivity index (χ3n) is 5.29. The first kappa shape index (κ1) is 18.1. The van der Waals surface area contributed by atoms with E-state index in [0.29, 0.717) is 6.54 Å². The minimum absolute atomic E-state index is 0.183. The van der Waals surface area contributed by atoms with Crippen LogP contribution in [-0.2, 0) is 6.54 Å². The molecular formula is C24H22N6. The van der Waals surface area contributed by atoms with E-state index in [4.69, 9.17) is 5.10 Å². The third-order valence-corrected chi connectivity index (χ3v) is 5.29. The maximum atomic E-state index is 5.02. The van der Waals surface area contributed by atoms with Crippen molar-refractivity contribution >= 4 is 11.4 Å². The van der Waals surface area contributed by atoms with Gasteiger partial charge in [-0.05, 0) is 28.8 Å². The van der Waals surface area contributed by atoms with E-state index in [1.54, 1.807) is 17.3 Å². The van der Waals surface area contributed by atoms with Gasteiger partial charge in [0.25, 0.3) is 0 Å². The summed E-state index contributed by atoms with van der Waals surface area (Å²) in [6.45, 7) is 0.693. The molecule has 0 spiro atoms. The number of hydrogen-bond acceptors (Lipinski definition) is 5. The van der Waals surface area contributed by atoms with E-state index in [9.17, 15) is 0 Å². The molecule has 1 aliphatic heterocycles. The van der Waals surface area contributed by atoms with Crippen LogP contribution in [0.1, 0.15) is 29.2 Å². The first-order chi connectivity index (χ1) is 14.9. The summed E-state index contributed by atoms with van der Waals surface area (Å²) in [6, 6.07) is 29.7. The number of rotatable bonds is 6. The summed E-state index contributed by atoms with van der Waals surface area (Å²) in [5, 5.41) is 14.8. The highest BCUT2D eigenvalue weighted by Crippen LogP contribution is 2.36. The molecule has 30 heavy (non-hydrogen) atoms. The van der Waals surface area contributed by atoms with Crippen LogP contribution in [0.4, 0.5) is 5.69 Å². The second-order valence-electron chi connectivity index (χ2n) is 7.26. The molecule has 6 heteroatoms. The van der Waals surface area contributed by atoms with Gasteiger partial charge >= 0.3 is 0 Å². The summed E-state index contributed by atoms with van der Waals surface area (Å²) in [5.74, 6) is 0. The van der Waals surface area contributed by atoms with Crippen molar-refractivity contribution in [1.29, 1.82) is 0 Å². The van der Waals surface area contributed by atoms with Crippen molar-refractivity contribution in [3.8, 4) is 0 Å². The van der Waals surface area contributed by atoms with Crippen LogP contribution in [0.3, 0.4) is 0 Å². The van der Waals surface area contributed by atoms with Crippen molar-refractivity contribution < 1.29 is 0 Å². The highest BCUT2D eigenvalue weighted by atomic mass is 15.5. The molecule has 0 amide bonds.